The predicted octanol–water partition coefficient (Wildman–Crippen LogP) is 3.35. The van der Waals surface area contributed by atoms with E-state index in [1.165, 1.54) is 0 Å². The molecule has 0 aromatic heterocycles. The fourth-order valence-electron chi connectivity index (χ4n) is 2.44. The van der Waals surface area contributed by atoms with E-state index in [2.05, 4.69) is 31.8 Å². The minimum absolute atomic E-state index is 0.0488. The molecule has 0 saturated heterocycles. The Morgan fingerprint density at radius 3 is 2.67 bits per heavy atom. The van der Waals surface area contributed by atoms with Crippen molar-refractivity contribution in [3.8, 4) is 11.5 Å². The molecule has 1 heterocycles. The lowest BCUT2D eigenvalue weighted by Crippen LogP contribution is -2.21. The van der Waals surface area contributed by atoms with E-state index >= 15 is 0 Å². The van der Waals surface area contributed by atoms with E-state index in [0.717, 1.165) is 4.47 Å². The number of nitrogens with zero attached hydrogens (tertiary/aromatic N) is 1. The molecule has 0 atom stereocenters. The normalized spacial score (nSPS) is 13.0. The van der Waals surface area contributed by atoms with E-state index in [-0.39, 0.29) is 18.2 Å². The van der Waals surface area contributed by atoms with Crippen molar-refractivity contribution in [2.45, 2.75) is 13.3 Å². The number of rotatable bonds is 5. The Balaban J connectivity index is 1.54. The van der Waals surface area contributed by atoms with Crippen LogP contribution in [0.4, 0.5) is 5.69 Å². The van der Waals surface area contributed by atoms with Crippen molar-refractivity contribution in [1.29, 1.82) is 0 Å². The number of fused-ring (bicyclic) bond motifs is 1. The van der Waals surface area contributed by atoms with Gasteiger partial charge in [-0.05, 0) is 37.3 Å². The lowest BCUT2D eigenvalue weighted by molar-refractivity contribution is -0.115. The van der Waals surface area contributed by atoms with Gasteiger partial charge >= 0.3 is 0 Å². The third-order valence-corrected chi connectivity index (χ3v) is 4.17. The van der Waals surface area contributed by atoms with E-state index < -0.39 is 0 Å². The van der Waals surface area contributed by atoms with Crippen LogP contribution < -0.4 is 20.2 Å². The van der Waals surface area contributed by atoms with Gasteiger partial charge in [-0.2, -0.15) is 5.10 Å². The first-order valence-corrected chi connectivity index (χ1v) is 9.09. The summed E-state index contributed by atoms with van der Waals surface area (Å²) in [5.74, 6) is 0.672. The highest BCUT2D eigenvalue weighted by Gasteiger charge is 2.13. The molecule has 8 heteroatoms. The molecular formula is C19H18BrN3O4. The topological polar surface area (TPSA) is 89.0 Å². The molecule has 3 rings (SSSR count). The van der Waals surface area contributed by atoms with Gasteiger partial charge in [-0.1, -0.05) is 22.0 Å². The number of halogens is 1. The molecule has 0 radical (unpaired) electrons. The molecule has 2 aromatic carbocycles. The Morgan fingerprint density at radius 1 is 1.11 bits per heavy atom. The highest BCUT2D eigenvalue weighted by Crippen LogP contribution is 2.32. The molecule has 0 fully saturated rings. The van der Waals surface area contributed by atoms with Crippen LogP contribution in [0.1, 0.15) is 23.7 Å². The minimum Gasteiger partial charge on any atom is -0.486 e. The Kier molecular flexibility index (Phi) is 6.08. The summed E-state index contributed by atoms with van der Waals surface area (Å²) in [6.45, 7) is 2.67. The average molecular weight is 432 g/mol. The Morgan fingerprint density at radius 2 is 1.89 bits per heavy atom. The first kappa shape index (κ1) is 18.9. The Bertz CT molecular complexity index is 898. The summed E-state index contributed by atoms with van der Waals surface area (Å²) in [5, 5.41) is 6.75. The lowest BCUT2D eigenvalue weighted by atomic mass is 10.2. The zero-order valence-corrected chi connectivity index (χ0v) is 16.2. The molecule has 140 valence electrons. The van der Waals surface area contributed by atoms with Crippen LogP contribution in [0.2, 0.25) is 0 Å². The largest absolute Gasteiger partial charge is 0.486 e. The third-order valence-electron chi connectivity index (χ3n) is 3.68. The predicted molar refractivity (Wildman–Crippen MR) is 105 cm³/mol. The van der Waals surface area contributed by atoms with Gasteiger partial charge in [0.15, 0.2) is 11.5 Å². The zero-order valence-electron chi connectivity index (χ0n) is 14.6. The Labute approximate surface area is 164 Å². The number of nitrogens with one attached hydrogen (secondary N) is 2. The maximum absolute atomic E-state index is 12.2. The number of hydrogen-bond donors (Lipinski definition) is 2. The molecule has 2 aromatic rings. The van der Waals surface area contributed by atoms with Crippen LogP contribution in [-0.2, 0) is 4.79 Å². The van der Waals surface area contributed by atoms with E-state index in [0.29, 0.717) is 41.7 Å². The van der Waals surface area contributed by atoms with E-state index in [1.54, 1.807) is 43.3 Å². The second-order valence-electron chi connectivity index (χ2n) is 5.88. The van der Waals surface area contributed by atoms with E-state index in [4.69, 9.17) is 9.47 Å². The number of hydrogen-bond acceptors (Lipinski definition) is 5. The van der Waals surface area contributed by atoms with Crippen molar-refractivity contribution in [2.24, 2.45) is 5.10 Å². The molecule has 1 aliphatic heterocycles. The number of carbonyl (C=O) groups excluding carboxylic acids is 2. The molecule has 2 N–H and O–H groups in total. The highest BCUT2D eigenvalue weighted by molar-refractivity contribution is 9.10. The van der Waals surface area contributed by atoms with Crippen LogP contribution in [0.5, 0.6) is 11.5 Å². The molecule has 27 heavy (non-hydrogen) atoms. The van der Waals surface area contributed by atoms with Crippen LogP contribution >= 0.6 is 15.9 Å². The van der Waals surface area contributed by atoms with Gasteiger partial charge in [-0.25, -0.2) is 5.43 Å². The van der Waals surface area contributed by atoms with Crippen molar-refractivity contribution in [3.63, 3.8) is 0 Å². The molecule has 1 aliphatic rings. The molecule has 0 unspecified atom stereocenters. The Hall–Kier alpha value is -2.87. The maximum atomic E-state index is 12.2. The number of carbonyl (C=O) groups is 2. The van der Waals surface area contributed by atoms with Gasteiger partial charge in [-0.3, -0.25) is 9.59 Å². The van der Waals surface area contributed by atoms with Crippen molar-refractivity contribution in [1.82, 2.24) is 5.43 Å². The van der Waals surface area contributed by atoms with Gasteiger partial charge in [-0.15, -0.1) is 0 Å². The quantitative estimate of drug-likeness (QED) is 0.560. The summed E-state index contributed by atoms with van der Waals surface area (Å²) < 4.78 is 11.7. The zero-order chi connectivity index (χ0) is 19.2. The minimum atomic E-state index is -0.345. The first-order chi connectivity index (χ1) is 13.0. The molecule has 0 aliphatic carbocycles. The number of anilines is 1. The summed E-state index contributed by atoms with van der Waals surface area (Å²) in [6, 6.07) is 12.2. The molecule has 2 amide bonds. The summed E-state index contributed by atoms with van der Waals surface area (Å²) in [5.41, 5.74) is 4.01. The lowest BCUT2D eigenvalue weighted by Gasteiger charge is -2.19. The second kappa shape index (κ2) is 8.68. The van der Waals surface area contributed by atoms with Crippen LogP contribution in [0.3, 0.4) is 0 Å². The first-order valence-electron chi connectivity index (χ1n) is 8.30. The smallest absolute Gasteiger partial charge is 0.271 e. The van der Waals surface area contributed by atoms with Crippen LogP contribution in [0, 0.1) is 0 Å². The number of hydrazone groups is 1. The van der Waals surface area contributed by atoms with Gasteiger partial charge in [0.25, 0.3) is 5.91 Å². The van der Waals surface area contributed by atoms with Gasteiger partial charge in [0, 0.05) is 27.5 Å². The average Bonchev–Trinajstić information content (AvgIpc) is 2.66. The van der Waals surface area contributed by atoms with Gasteiger partial charge in [0.05, 0.1) is 6.42 Å². The summed E-state index contributed by atoms with van der Waals surface area (Å²) >= 11 is 3.31. The molecule has 0 saturated carbocycles. The molecular weight excluding hydrogens is 414 g/mol. The van der Waals surface area contributed by atoms with Crippen LogP contribution in [0.25, 0.3) is 0 Å². The molecule has 0 bridgehead atoms. The van der Waals surface area contributed by atoms with E-state index in [9.17, 15) is 9.59 Å². The van der Waals surface area contributed by atoms with Crippen LogP contribution in [0.15, 0.2) is 52.0 Å². The number of ether oxygens (including phenoxy) is 2. The molecule has 0 spiro atoms. The van der Waals surface area contributed by atoms with Crippen molar-refractivity contribution >= 4 is 39.1 Å². The fourth-order valence-corrected chi connectivity index (χ4v) is 2.84. The van der Waals surface area contributed by atoms with Gasteiger partial charge < -0.3 is 14.8 Å². The summed E-state index contributed by atoms with van der Waals surface area (Å²) in [7, 11) is 0. The monoisotopic (exact) mass is 431 g/mol. The van der Waals surface area contributed by atoms with Crippen LogP contribution in [-0.4, -0.2) is 30.7 Å². The summed E-state index contributed by atoms with van der Waals surface area (Å²) in [4.78, 5) is 24.2. The van der Waals surface area contributed by atoms with Crippen molar-refractivity contribution in [2.75, 3.05) is 18.5 Å². The molecule has 7 nitrogen and oxygen atoms in total. The standard InChI is InChI=1S/C19H18BrN3O4/c1-12(22-23-19(25)13-3-2-4-14(20)10-13)9-18(24)21-15-5-6-16-17(11-15)27-8-7-26-16/h2-6,10-11H,7-9H2,1H3,(H,21,24)(H,23,25). The maximum Gasteiger partial charge on any atom is 0.271 e. The highest BCUT2D eigenvalue weighted by atomic mass is 79.9. The second-order valence-corrected chi connectivity index (χ2v) is 6.80. The SMILES string of the molecule is CC(CC(=O)Nc1ccc2c(c1)OCCO2)=NNC(=O)c1cccc(Br)c1. The van der Waals surface area contributed by atoms with Gasteiger partial charge in [0.1, 0.15) is 13.2 Å². The van der Waals surface area contributed by atoms with Crippen molar-refractivity contribution in [3.05, 3.63) is 52.5 Å². The number of amides is 2. The number of benzene rings is 2. The van der Waals surface area contributed by atoms with E-state index in [1.807, 2.05) is 6.07 Å². The van der Waals surface area contributed by atoms with Crippen molar-refractivity contribution < 1.29 is 19.1 Å². The summed E-state index contributed by atoms with van der Waals surface area (Å²) in [6.07, 6.45) is 0.0488. The third kappa shape index (κ3) is 5.30. The van der Waals surface area contributed by atoms with Gasteiger partial charge in [0.2, 0.25) is 5.91 Å². The fraction of sp³-hybridized carbons (Fsp3) is 0.211.